The second kappa shape index (κ2) is 7.36. The van der Waals surface area contributed by atoms with Gasteiger partial charge in [-0.15, -0.1) is 0 Å². The van der Waals surface area contributed by atoms with E-state index in [-0.39, 0.29) is 11.4 Å². The molecule has 0 unspecified atom stereocenters. The van der Waals surface area contributed by atoms with Crippen molar-refractivity contribution in [1.82, 2.24) is 9.78 Å². The molecule has 0 amide bonds. The normalized spacial score (nSPS) is 10.6. The van der Waals surface area contributed by atoms with Crippen LogP contribution in [0, 0.1) is 5.82 Å². The SMILES string of the molecule is CCCCn1ncc(NCc2ccc(F)cc2)c(Br)c1=O. The Labute approximate surface area is 131 Å². The van der Waals surface area contributed by atoms with E-state index in [1.165, 1.54) is 16.8 Å². The smallest absolute Gasteiger partial charge is 0.283 e. The lowest BCUT2D eigenvalue weighted by Gasteiger charge is -2.10. The number of rotatable bonds is 6. The molecule has 2 rings (SSSR count). The van der Waals surface area contributed by atoms with Crippen LogP contribution in [0.25, 0.3) is 0 Å². The van der Waals surface area contributed by atoms with E-state index in [0.29, 0.717) is 23.2 Å². The average molecular weight is 354 g/mol. The Bertz CT molecular complexity index is 655. The maximum Gasteiger partial charge on any atom is 0.283 e. The molecule has 2 aromatic rings. The summed E-state index contributed by atoms with van der Waals surface area (Å²) in [5.41, 5.74) is 1.42. The molecular formula is C15H17BrFN3O. The summed E-state index contributed by atoms with van der Waals surface area (Å²) in [5, 5.41) is 7.28. The van der Waals surface area contributed by atoms with Gasteiger partial charge in [0, 0.05) is 13.1 Å². The fraction of sp³-hybridized carbons (Fsp3) is 0.333. The summed E-state index contributed by atoms with van der Waals surface area (Å²) in [5.74, 6) is -0.264. The lowest BCUT2D eigenvalue weighted by Crippen LogP contribution is -2.24. The minimum Gasteiger partial charge on any atom is -0.379 e. The number of benzene rings is 1. The molecule has 0 radical (unpaired) electrons. The first kappa shape index (κ1) is 15.7. The topological polar surface area (TPSA) is 46.9 Å². The van der Waals surface area contributed by atoms with Crippen LogP contribution in [0.1, 0.15) is 25.3 Å². The molecule has 0 saturated heterocycles. The minimum atomic E-state index is -0.264. The standard InChI is InChI=1S/C15H17BrFN3O/c1-2-3-8-20-15(21)14(16)13(10-19-20)18-9-11-4-6-12(17)7-5-11/h4-7,10,18H,2-3,8-9H2,1H3. The fourth-order valence-electron chi connectivity index (χ4n) is 1.86. The first-order valence-electron chi connectivity index (χ1n) is 6.85. The third-order valence-electron chi connectivity index (χ3n) is 3.10. The monoisotopic (exact) mass is 353 g/mol. The van der Waals surface area contributed by atoms with Crippen LogP contribution in [-0.4, -0.2) is 9.78 Å². The van der Waals surface area contributed by atoms with E-state index < -0.39 is 0 Å². The van der Waals surface area contributed by atoms with Crippen LogP contribution in [0.3, 0.4) is 0 Å². The molecule has 0 bridgehead atoms. The molecule has 0 aliphatic heterocycles. The first-order chi connectivity index (χ1) is 10.1. The van der Waals surface area contributed by atoms with Crippen molar-refractivity contribution in [2.75, 3.05) is 5.32 Å². The lowest BCUT2D eigenvalue weighted by molar-refractivity contribution is 0.541. The van der Waals surface area contributed by atoms with Crippen LogP contribution in [0.4, 0.5) is 10.1 Å². The number of nitrogens with zero attached hydrogens (tertiary/aromatic N) is 2. The zero-order chi connectivity index (χ0) is 15.2. The second-order valence-electron chi connectivity index (χ2n) is 4.73. The van der Waals surface area contributed by atoms with Gasteiger partial charge >= 0.3 is 0 Å². The van der Waals surface area contributed by atoms with Crippen LogP contribution in [0.5, 0.6) is 0 Å². The van der Waals surface area contributed by atoms with Gasteiger partial charge in [0.1, 0.15) is 10.3 Å². The van der Waals surface area contributed by atoms with E-state index in [0.717, 1.165) is 18.4 Å². The molecule has 0 saturated carbocycles. The third kappa shape index (κ3) is 4.14. The van der Waals surface area contributed by atoms with Crippen LogP contribution in [0.15, 0.2) is 39.7 Å². The summed E-state index contributed by atoms with van der Waals surface area (Å²) < 4.78 is 14.8. The molecule has 0 fully saturated rings. The number of aryl methyl sites for hydroxylation is 1. The van der Waals surface area contributed by atoms with Crippen LogP contribution >= 0.6 is 15.9 Å². The minimum absolute atomic E-state index is 0.146. The lowest BCUT2D eigenvalue weighted by atomic mass is 10.2. The van der Waals surface area contributed by atoms with Crippen molar-refractivity contribution in [3.63, 3.8) is 0 Å². The molecule has 1 heterocycles. The summed E-state index contributed by atoms with van der Waals surface area (Å²) in [7, 11) is 0. The first-order valence-corrected chi connectivity index (χ1v) is 7.65. The van der Waals surface area contributed by atoms with Gasteiger partial charge < -0.3 is 5.32 Å². The quantitative estimate of drug-likeness (QED) is 0.863. The summed E-state index contributed by atoms with van der Waals surface area (Å²) in [4.78, 5) is 12.1. The summed E-state index contributed by atoms with van der Waals surface area (Å²) in [6.07, 6.45) is 3.56. The summed E-state index contributed by atoms with van der Waals surface area (Å²) in [6, 6.07) is 6.22. The molecule has 1 aromatic heterocycles. The Morgan fingerprint density at radius 3 is 2.71 bits per heavy atom. The molecule has 0 aliphatic carbocycles. The van der Waals surface area contributed by atoms with Gasteiger partial charge in [0.25, 0.3) is 5.56 Å². The highest BCUT2D eigenvalue weighted by atomic mass is 79.9. The highest BCUT2D eigenvalue weighted by Gasteiger charge is 2.08. The molecule has 0 aliphatic rings. The number of hydrogen-bond acceptors (Lipinski definition) is 3. The average Bonchev–Trinajstić information content (AvgIpc) is 2.49. The van der Waals surface area contributed by atoms with Gasteiger partial charge in [0.05, 0.1) is 11.9 Å². The van der Waals surface area contributed by atoms with Crippen LogP contribution < -0.4 is 10.9 Å². The molecule has 0 spiro atoms. The van der Waals surface area contributed by atoms with E-state index in [9.17, 15) is 9.18 Å². The van der Waals surface area contributed by atoms with E-state index >= 15 is 0 Å². The zero-order valence-electron chi connectivity index (χ0n) is 11.8. The maximum absolute atomic E-state index is 12.8. The summed E-state index contributed by atoms with van der Waals surface area (Å²) >= 11 is 3.31. The number of nitrogens with one attached hydrogen (secondary N) is 1. The van der Waals surface area contributed by atoms with E-state index in [1.54, 1.807) is 18.3 Å². The Kier molecular flexibility index (Phi) is 5.50. The predicted octanol–water partition coefficient (Wildman–Crippen LogP) is 3.56. The highest BCUT2D eigenvalue weighted by Crippen LogP contribution is 2.17. The van der Waals surface area contributed by atoms with E-state index in [4.69, 9.17) is 0 Å². The molecule has 21 heavy (non-hydrogen) atoms. The van der Waals surface area contributed by atoms with Crippen molar-refractivity contribution < 1.29 is 4.39 Å². The Morgan fingerprint density at radius 2 is 2.05 bits per heavy atom. The van der Waals surface area contributed by atoms with Crippen molar-refractivity contribution in [2.24, 2.45) is 0 Å². The predicted molar refractivity (Wildman–Crippen MR) is 84.8 cm³/mol. The van der Waals surface area contributed by atoms with Crippen molar-refractivity contribution in [1.29, 1.82) is 0 Å². The number of anilines is 1. The molecular weight excluding hydrogens is 337 g/mol. The van der Waals surface area contributed by atoms with Crippen molar-refractivity contribution >= 4 is 21.6 Å². The van der Waals surface area contributed by atoms with Gasteiger partial charge in [-0.2, -0.15) is 5.10 Å². The summed E-state index contributed by atoms with van der Waals surface area (Å²) in [6.45, 7) is 3.18. The van der Waals surface area contributed by atoms with Gasteiger partial charge in [-0.1, -0.05) is 25.5 Å². The molecule has 1 aromatic carbocycles. The molecule has 112 valence electrons. The van der Waals surface area contributed by atoms with Gasteiger partial charge in [-0.25, -0.2) is 9.07 Å². The molecule has 4 nitrogen and oxygen atoms in total. The van der Waals surface area contributed by atoms with Gasteiger partial charge in [-0.05, 0) is 40.0 Å². The van der Waals surface area contributed by atoms with Crippen molar-refractivity contribution in [2.45, 2.75) is 32.9 Å². The van der Waals surface area contributed by atoms with Gasteiger partial charge in [0.2, 0.25) is 0 Å². The van der Waals surface area contributed by atoms with Crippen LogP contribution in [-0.2, 0) is 13.1 Å². The fourth-order valence-corrected chi connectivity index (χ4v) is 2.30. The maximum atomic E-state index is 12.8. The number of hydrogen-bond donors (Lipinski definition) is 1. The number of aromatic nitrogens is 2. The van der Waals surface area contributed by atoms with Crippen molar-refractivity contribution in [3.05, 3.63) is 56.7 Å². The number of unbranched alkanes of at least 4 members (excludes halogenated alkanes) is 1. The third-order valence-corrected chi connectivity index (χ3v) is 3.87. The Morgan fingerprint density at radius 1 is 1.33 bits per heavy atom. The number of halogens is 2. The van der Waals surface area contributed by atoms with E-state index in [1.807, 2.05) is 0 Å². The second-order valence-corrected chi connectivity index (χ2v) is 5.53. The zero-order valence-corrected chi connectivity index (χ0v) is 13.4. The van der Waals surface area contributed by atoms with Gasteiger partial charge in [-0.3, -0.25) is 4.79 Å². The largest absolute Gasteiger partial charge is 0.379 e. The molecule has 0 atom stereocenters. The highest BCUT2D eigenvalue weighted by molar-refractivity contribution is 9.10. The van der Waals surface area contributed by atoms with E-state index in [2.05, 4.69) is 33.3 Å². The Hall–Kier alpha value is -1.69. The Balaban J connectivity index is 2.08. The van der Waals surface area contributed by atoms with Gasteiger partial charge in [0.15, 0.2) is 0 Å². The van der Waals surface area contributed by atoms with Crippen LogP contribution in [0.2, 0.25) is 0 Å². The molecule has 1 N–H and O–H groups in total. The molecule has 6 heteroatoms. The van der Waals surface area contributed by atoms with Crippen molar-refractivity contribution in [3.8, 4) is 0 Å².